The van der Waals surface area contributed by atoms with Crippen molar-refractivity contribution in [2.75, 3.05) is 0 Å². The fourth-order valence-electron chi connectivity index (χ4n) is 2.53. The molecule has 0 atom stereocenters. The first-order valence-electron chi connectivity index (χ1n) is 6.04. The molecule has 0 fully saturated rings. The second-order valence-corrected chi connectivity index (χ2v) is 4.61. The molecular formula is C14H13N3O. The summed E-state index contributed by atoms with van der Waals surface area (Å²) in [5.74, 6) is 0. The smallest absolute Gasteiger partial charge is 0.281 e. The lowest BCUT2D eigenvalue weighted by atomic mass is 10.2. The van der Waals surface area contributed by atoms with Crippen LogP contribution in [-0.2, 0) is 13.0 Å². The quantitative estimate of drug-likeness (QED) is 0.761. The molecule has 4 heteroatoms. The molecule has 0 spiro atoms. The van der Waals surface area contributed by atoms with E-state index in [1.807, 2.05) is 41.9 Å². The first kappa shape index (κ1) is 10.8. The number of rotatable bonds is 1. The van der Waals surface area contributed by atoms with Gasteiger partial charge in [0.15, 0.2) is 0 Å². The van der Waals surface area contributed by atoms with Gasteiger partial charge in [-0.05, 0) is 31.9 Å². The summed E-state index contributed by atoms with van der Waals surface area (Å²) >= 11 is 0. The molecule has 0 bridgehead atoms. The molecule has 1 aromatic heterocycles. The van der Waals surface area contributed by atoms with Crippen molar-refractivity contribution in [2.24, 2.45) is 0 Å². The minimum atomic E-state index is -0.198. The van der Waals surface area contributed by atoms with Gasteiger partial charge in [-0.2, -0.15) is 5.26 Å². The van der Waals surface area contributed by atoms with E-state index in [1.54, 1.807) is 4.68 Å². The lowest BCUT2D eigenvalue weighted by Crippen LogP contribution is -2.21. The van der Waals surface area contributed by atoms with E-state index in [0.717, 1.165) is 36.3 Å². The van der Waals surface area contributed by atoms with Gasteiger partial charge < -0.3 is 0 Å². The number of nitriles is 1. The molecule has 0 amide bonds. The molecule has 2 heterocycles. The highest BCUT2D eigenvalue weighted by molar-refractivity contribution is 5.40. The van der Waals surface area contributed by atoms with E-state index in [1.165, 1.54) is 0 Å². The normalized spacial score (nSPS) is 13.3. The summed E-state index contributed by atoms with van der Waals surface area (Å²) in [7, 11) is 0. The fourth-order valence-corrected chi connectivity index (χ4v) is 2.53. The van der Waals surface area contributed by atoms with Crippen LogP contribution in [0, 0.1) is 18.3 Å². The maximum absolute atomic E-state index is 12.2. The molecule has 3 rings (SSSR count). The average Bonchev–Trinajstić information content (AvgIpc) is 2.90. The maximum Gasteiger partial charge on any atom is 0.289 e. The summed E-state index contributed by atoms with van der Waals surface area (Å²) in [5.41, 5.74) is 2.96. The van der Waals surface area contributed by atoms with Crippen LogP contribution < -0.4 is 5.56 Å². The number of fused-ring (bicyclic) bond motifs is 1. The van der Waals surface area contributed by atoms with E-state index in [-0.39, 0.29) is 5.56 Å². The Morgan fingerprint density at radius 2 is 2.00 bits per heavy atom. The third-order valence-corrected chi connectivity index (χ3v) is 3.42. The van der Waals surface area contributed by atoms with Crippen LogP contribution in [0.4, 0.5) is 0 Å². The van der Waals surface area contributed by atoms with Crippen LogP contribution in [0.1, 0.15) is 23.2 Å². The van der Waals surface area contributed by atoms with Crippen molar-refractivity contribution < 1.29 is 0 Å². The minimum absolute atomic E-state index is 0.198. The van der Waals surface area contributed by atoms with E-state index in [4.69, 9.17) is 5.26 Å². The molecule has 0 saturated carbocycles. The molecule has 0 aliphatic carbocycles. The Hall–Kier alpha value is -2.28. The zero-order valence-corrected chi connectivity index (χ0v) is 10.2. The van der Waals surface area contributed by atoms with Crippen LogP contribution in [0.3, 0.4) is 0 Å². The molecule has 0 radical (unpaired) electrons. The number of benzene rings is 1. The van der Waals surface area contributed by atoms with E-state index in [0.29, 0.717) is 5.56 Å². The first-order chi connectivity index (χ1) is 8.72. The predicted octanol–water partition coefficient (Wildman–Crippen LogP) is 1.77. The predicted molar refractivity (Wildman–Crippen MR) is 67.8 cm³/mol. The lowest BCUT2D eigenvalue weighted by molar-refractivity contribution is 0.575. The monoisotopic (exact) mass is 239 g/mol. The Bertz CT molecular complexity index is 698. The van der Waals surface area contributed by atoms with Gasteiger partial charge in [-0.15, -0.1) is 0 Å². The highest BCUT2D eigenvalue weighted by Crippen LogP contribution is 2.19. The Morgan fingerprint density at radius 3 is 2.67 bits per heavy atom. The minimum Gasteiger partial charge on any atom is -0.281 e. The molecule has 0 unspecified atom stereocenters. The Labute approximate surface area is 105 Å². The van der Waals surface area contributed by atoms with Gasteiger partial charge in [0.25, 0.3) is 5.56 Å². The van der Waals surface area contributed by atoms with Crippen molar-refractivity contribution in [1.29, 1.82) is 5.26 Å². The number of aromatic nitrogens is 2. The molecule has 1 aliphatic heterocycles. The second kappa shape index (κ2) is 3.88. The summed E-state index contributed by atoms with van der Waals surface area (Å²) in [6.07, 6.45) is 1.81. The molecule has 0 saturated heterocycles. The summed E-state index contributed by atoms with van der Waals surface area (Å²) in [6.45, 7) is 2.82. The van der Waals surface area contributed by atoms with Crippen molar-refractivity contribution in [2.45, 2.75) is 26.3 Å². The van der Waals surface area contributed by atoms with Crippen molar-refractivity contribution in [3.05, 3.63) is 51.4 Å². The van der Waals surface area contributed by atoms with E-state index < -0.39 is 0 Å². The van der Waals surface area contributed by atoms with Crippen molar-refractivity contribution in [3.63, 3.8) is 0 Å². The van der Waals surface area contributed by atoms with Gasteiger partial charge in [0.1, 0.15) is 11.6 Å². The maximum atomic E-state index is 12.2. The molecule has 4 nitrogen and oxygen atoms in total. The van der Waals surface area contributed by atoms with Crippen LogP contribution in [0.15, 0.2) is 29.1 Å². The Balaban J connectivity index is 2.28. The van der Waals surface area contributed by atoms with Gasteiger partial charge in [0.05, 0.1) is 11.4 Å². The summed E-state index contributed by atoms with van der Waals surface area (Å²) < 4.78 is 3.56. The van der Waals surface area contributed by atoms with Gasteiger partial charge >= 0.3 is 0 Å². The van der Waals surface area contributed by atoms with Gasteiger partial charge in [0.2, 0.25) is 0 Å². The largest absolute Gasteiger partial charge is 0.289 e. The van der Waals surface area contributed by atoms with Crippen LogP contribution in [0.5, 0.6) is 0 Å². The third kappa shape index (κ3) is 1.41. The van der Waals surface area contributed by atoms with Gasteiger partial charge in [0, 0.05) is 6.54 Å². The lowest BCUT2D eigenvalue weighted by Gasteiger charge is -2.09. The highest BCUT2D eigenvalue weighted by Gasteiger charge is 2.24. The van der Waals surface area contributed by atoms with E-state index in [9.17, 15) is 4.79 Å². The zero-order valence-electron chi connectivity index (χ0n) is 10.2. The van der Waals surface area contributed by atoms with Gasteiger partial charge in [-0.3, -0.25) is 9.48 Å². The van der Waals surface area contributed by atoms with Crippen LogP contribution >= 0.6 is 0 Å². The average molecular weight is 239 g/mol. The number of nitrogens with zero attached hydrogens (tertiary/aromatic N) is 3. The molecule has 90 valence electrons. The first-order valence-corrected chi connectivity index (χ1v) is 6.04. The number of aryl methyl sites for hydroxylation is 1. The van der Waals surface area contributed by atoms with Crippen LogP contribution in [-0.4, -0.2) is 9.36 Å². The molecule has 1 aromatic carbocycles. The molecule has 18 heavy (non-hydrogen) atoms. The molecule has 0 N–H and O–H groups in total. The second-order valence-electron chi connectivity index (χ2n) is 4.61. The van der Waals surface area contributed by atoms with Crippen LogP contribution in [0.2, 0.25) is 0 Å². The number of hydrogen-bond acceptors (Lipinski definition) is 2. The molecule has 2 aromatic rings. The van der Waals surface area contributed by atoms with Crippen LogP contribution in [0.25, 0.3) is 5.69 Å². The van der Waals surface area contributed by atoms with E-state index >= 15 is 0 Å². The molecular weight excluding hydrogens is 226 g/mol. The number of hydrogen-bond donors (Lipinski definition) is 0. The van der Waals surface area contributed by atoms with Gasteiger partial charge in [-0.1, -0.05) is 17.7 Å². The highest BCUT2D eigenvalue weighted by atomic mass is 16.1. The Morgan fingerprint density at radius 1 is 1.28 bits per heavy atom. The Kier molecular flexibility index (Phi) is 2.34. The fraction of sp³-hybridized carbons (Fsp3) is 0.286. The topological polar surface area (TPSA) is 50.7 Å². The SMILES string of the molecule is Cc1ccc(-n2c(=O)c(C#N)c3n2CCC3)cc1. The van der Waals surface area contributed by atoms with Crippen molar-refractivity contribution in [3.8, 4) is 11.8 Å². The van der Waals surface area contributed by atoms with Crippen molar-refractivity contribution >= 4 is 0 Å². The summed E-state index contributed by atoms with van der Waals surface area (Å²) in [6, 6.07) is 9.83. The third-order valence-electron chi connectivity index (χ3n) is 3.42. The zero-order chi connectivity index (χ0) is 12.7. The summed E-state index contributed by atoms with van der Waals surface area (Å²) in [4.78, 5) is 12.2. The standard InChI is InChI=1S/C14H13N3O/c1-10-4-6-11(7-5-10)17-14(18)12(9-15)13-3-2-8-16(13)17/h4-7H,2-3,8H2,1H3. The van der Waals surface area contributed by atoms with Crippen molar-refractivity contribution in [1.82, 2.24) is 9.36 Å². The molecule has 1 aliphatic rings. The summed E-state index contributed by atoms with van der Waals surface area (Å²) in [5, 5.41) is 9.11. The van der Waals surface area contributed by atoms with E-state index in [2.05, 4.69) is 0 Å². The van der Waals surface area contributed by atoms with Gasteiger partial charge in [-0.25, -0.2) is 4.68 Å².